The van der Waals surface area contributed by atoms with Crippen molar-refractivity contribution in [1.29, 1.82) is 0 Å². The van der Waals surface area contributed by atoms with Crippen LogP contribution >= 0.6 is 0 Å². The van der Waals surface area contributed by atoms with Crippen LogP contribution in [0.25, 0.3) is 0 Å². The molecule has 8 heavy (non-hydrogen) atoms. The largest absolute Gasteiger partial charge is 0.0813 e. The highest BCUT2D eigenvalue weighted by Gasteiger charge is 1.78. The lowest BCUT2D eigenvalue weighted by Gasteiger charge is -1.88. The average Bonchev–Trinajstić information content (AvgIpc) is 1.81. The first-order valence-electron chi connectivity index (χ1n) is 3.20. The Balaban J connectivity index is 2.72. The first kappa shape index (κ1) is 7.74. The molecular formula is C8H14. The second-order valence-corrected chi connectivity index (χ2v) is 1.84. The van der Waals surface area contributed by atoms with Crippen LogP contribution in [0.3, 0.4) is 0 Å². The molecule has 0 rings (SSSR count). The van der Waals surface area contributed by atoms with Crippen molar-refractivity contribution in [2.24, 2.45) is 0 Å². The highest BCUT2D eigenvalue weighted by molar-refractivity contribution is 4.69. The number of unbranched alkanes of at least 4 members (excludes halogenated alkanes) is 3. The molecule has 0 aliphatic rings. The van der Waals surface area contributed by atoms with Crippen LogP contribution in [0.2, 0.25) is 0 Å². The van der Waals surface area contributed by atoms with Crippen LogP contribution < -0.4 is 0 Å². The Hall–Kier alpha value is -0.260. The number of hydrogen-bond acceptors (Lipinski definition) is 0. The van der Waals surface area contributed by atoms with E-state index in [1.54, 1.807) is 0 Å². The zero-order valence-electron chi connectivity index (χ0n) is 5.61. The first-order chi connectivity index (χ1) is 3.91. The van der Waals surface area contributed by atoms with Gasteiger partial charge in [0, 0.05) is 0 Å². The lowest BCUT2D eigenvalue weighted by molar-refractivity contribution is 0.759. The summed E-state index contributed by atoms with van der Waals surface area (Å²) in [6, 6.07) is 0. The molecule has 0 bridgehead atoms. The van der Waals surface area contributed by atoms with E-state index in [4.69, 9.17) is 0 Å². The molecule has 0 aromatic rings. The Morgan fingerprint density at radius 2 is 2.25 bits per heavy atom. The van der Waals surface area contributed by atoms with Gasteiger partial charge in [-0.05, 0) is 19.8 Å². The maximum Gasteiger partial charge on any atom is -0.0345 e. The minimum absolute atomic E-state index is 1.07. The van der Waals surface area contributed by atoms with Crippen LogP contribution in [0.5, 0.6) is 0 Å². The van der Waals surface area contributed by atoms with Gasteiger partial charge < -0.3 is 0 Å². The van der Waals surface area contributed by atoms with Crippen LogP contribution in [0.15, 0.2) is 6.08 Å². The van der Waals surface area contributed by atoms with Gasteiger partial charge >= 0.3 is 0 Å². The smallest absolute Gasteiger partial charge is 0.0345 e. The molecule has 2 radical (unpaired) electrons. The minimum atomic E-state index is 1.07. The zero-order valence-corrected chi connectivity index (χ0v) is 5.61. The summed E-state index contributed by atoms with van der Waals surface area (Å²) < 4.78 is 0. The third-order valence-electron chi connectivity index (χ3n) is 1.05. The van der Waals surface area contributed by atoms with E-state index in [-0.39, 0.29) is 0 Å². The van der Waals surface area contributed by atoms with Gasteiger partial charge in [-0.1, -0.05) is 31.9 Å². The Morgan fingerprint density at radius 3 is 2.75 bits per heavy atom. The molecule has 0 aromatic heterocycles. The van der Waals surface area contributed by atoms with Gasteiger partial charge in [-0.15, -0.1) is 0 Å². The van der Waals surface area contributed by atoms with Crippen molar-refractivity contribution in [3.8, 4) is 0 Å². The Bertz CT molecular complexity index is 53.1. The van der Waals surface area contributed by atoms with E-state index >= 15 is 0 Å². The fourth-order valence-corrected chi connectivity index (χ4v) is 0.568. The monoisotopic (exact) mass is 110 g/mol. The predicted molar refractivity (Wildman–Crippen MR) is 37.3 cm³/mol. The standard InChI is InChI=1S/C8H14/c1-3-5-7-8-6-4-2/h6H,1,3,5,7-8H2,2H3. The van der Waals surface area contributed by atoms with Crippen LogP contribution in [0.1, 0.15) is 32.6 Å². The van der Waals surface area contributed by atoms with Gasteiger partial charge in [-0.3, -0.25) is 0 Å². The van der Waals surface area contributed by atoms with Crippen molar-refractivity contribution in [3.05, 3.63) is 19.1 Å². The maximum atomic E-state index is 3.75. The van der Waals surface area contributed by atoms with Crippen molar-refractivity contribution in [1.82, 2.24) is 0 Å². The molecule has 0 saturated carbocycles. The Labute approximate surface area is 52.6 Å². The molecule has 0 aliphatic heterocycles. The summed E-state index contributed by atoms with van der Waals surface area (Å²) in [6.45, 7) is 5.68. The molecule has 0 spiro atoms. The molecule has 0 fully saturated rings. The van der Waals surface area contributed by atoms with Crippen LogP contribution in [0.4, 0.5) is 0 Å². The minimum Gasteiger partial charge on any atom is -0.0813 e. The van der Waals surface area contributed by atoms with Crippen molar-refractivity contribution < 1.29 is 0 Å². The van der Waals surface area contributed by atoms with E-state index in [1.807, 2.05) is 6.92 Å². The normalized spacial score (nSPS) is 10.8. The highest BCUT2D eigenvalue weighted by atomic mass is 13.8. The Morgan fingerprint density at radius 1 is 1.50 bits per heavy atom. The molecule has 0 N–H and O–H groups in total. The fraction of sp³-hybridized carbons (Fsp3) is 0.625. The summed E-state index contributed by atoms with van der Waals surface area (Å²) in [5, 5.41) is 0. The average molecular weight is 110 g/mol. The summed E-state index contributed by atoms with van der Waals surface area (Å²) in [6.07, 6.45) is 9.82. The molecule has 0 nitrogen and oxygen atoms in total. The quantitative estimate of drug-likeness (QED) is 0.488. The van der Waals surface area contributed by atoms with E-state index in [0.29, 0.717) is 0 Å². The second kappa shape index (κ2) is 6.74. The van der Waals surface area contributed by atoms with Gasteiger partial charge in [0.2, 0.25) is 0 Å². The predicted octanol–water partition coefficient (Wildman–Crippen LogP) is 2.76. The highest BCUT2D eigenvalue weighted by Crippen LogP contribution is 1.98. The third-order valence-corrected chi connectivity index (χ3v) is 1.05. The molecule has 46 valence electrons. The first-order valence-corrected chi connectivity index (χ1v) is 3.20. The van der Waals surface area contributed by atoms with Crippen molar-refractivity contribution in [3.63, 3.8) is 0 Å². The number of allylic oxidation sites excluding steroid dienone is 2. The molecule has 0 heterocycles. The molecule has 0 aliphatic carbocycles. The van der Waals surface area contributed by atoms with E-state index in [9.17, 15) is 0 Å². The molecule has 0 atom stereocenters. The summed E-state index contributed by atoms with van der Waals surface area (Å²) in [4.78, 5) is 0. The summed E-state index contributed by atoms with van der Waals surface area (Å²) in [7, 11) is 0. The lowest BCUT2D eigenvalue weighted by Crippen LogP contribution is -1.69. The van der Waals surface area contributed by atoms with Gasteiger partial charge in [0.15, 0.2) is 0 Å². The van der Waals surface area contributed by atoms with Crippen molar-refractivity contribution in [2.45, 2.75) is 32.6 Å². The molecule has 0 saturated heterocycles. The second-order valence-electron chi connectivity index (χ2n) is 1.84. The number of hydrogen-bond donors (Lipinski definition) is 0. The van der Waals surface area contributed by atoms with Gasteiger partial charge in [0.1, 0.15) is 0 Å². The summed E-state index contributed by atoms with van der Waals surface area (Å²) >= 11 is 0. The van der Waals surface area contributed by atoms with E-state index in [2.05, 4.69) is 19.1 Å². The molecule has 0 amide bonds. The summed E-state index contributed by atoms with van der Waals surface area (Å²) in [5.74, 6) is 0. The van der Waals surface area contributed by atoms with Crippen LogP contribution in [0, 0.1) is 13.0 Å². The fourth-order valence-electron chi connectivity index (χ4n) is 0.568. The zero-order chi connectivity index (χ0) is 6.24. The van der Waals surface area contributed by atoms with Crippen LogP contribution in [-0.4, -0.2) is 0 Å². The van der Waals surface area contributed by atoms with E-state index < -0.39 is 0 Å². The van der Waals surface area contributed by atoms with Gasteiger partial charge in [-0.25, -0.2) is 0 Å². The Kier molecular flexibility index (Phi) is 6.52. The van der Waals surface area contributed by atoms with Gasteiger partial charge in [0.25, 0.3) is 0 Å². The molecule has 0 heteroatoms. The van der Waals surface area contributed by atoms with E-state index in [0.717, 1.165) is 6.42 Å². The van der Waals surface area contributed by atoms with Crippen molar-refractivity contribution >= 4 is 0 Å². The number of rotatable bonds is 4. The molecular weight excluding hydrogens is 96.1 g/mol. The summed E-state index contributed by atoms with van der Waals surface area (Å²) in [5.41, 5.74) is 0. The SMILES string of the molecule is [CH2]CCCC/C=[C]/C. The topological polar surface area (TPSA) is 0 Å². The maximum absolute atomic E-state index is 3.75. The van der Waals surface area contributed by atoms with Crippen molar-refractivity contribution in [2.75, 3.05) is 0 Å². The molecule has 0 aromatic carbocycles. The van der Waals surface area contributed by atoms with E-state index in [1.165, 1.54) is 19.3 Å². The van der Waals surface area contributed by atoms with Gasteiger partial charge in [0.05, 0.1) is 0 Å². The molecule has 0 unspecified atom stereocenters. The van der Waals surface area contributed by atoms with Gasteiger partial charge in [-0.2, -0.15) is 0 Å². The van der Waals surface area contributed by atoms with Crippen LogP contribution in [-0.2, 0) is 0 Å². The third kappa shape index (κ3) is 5.74. The lowest BCUT2D eigenvalue weighted by atomic mass is 10.2.